The molecule has 0 N–H and O–H groups in total. The zero-order chi connectivity index (χ0) is 13.2. The van der Waals surface area contributed by atoms with E-state index in [1.54, 1.807) is 0 Å². The molecule has 0 aliphatic heterocycles. The molecule has 2 aromatic rings. The molecule has 0 aliphatic carbocycles. The van der Waals surface area contributed by atoms with Crippen LogP contribution in [0.1, 0.15) is 0 Å². The van der Waals surface area contributed by atoms with Crippen LogP contribution in [0, 0.1) is 11.6 Å². The van der Waals surface area contributed by atoms with E-state index in [4.69, 9.17) is 4.18 Å². The highest BCUT2D eigenvalue weighted by Gasteiger charge is 2.16. The Morgan fingerprint density at radius 3 is 1.72 bits per heavy atom. The van der Waals surface area contributed by atoms with Crippen LogP contribution in [0.2, 0.25) is 0 Å². The van der Waals surface area contributed by atoms with Crippen LogP contribution in [-0.2, 0) is 10.1 Å². The van der Waals surface area contributed by atoms with Crippen LogP contribution in [0.25, 0.3) is 0 Å². The topological polar surface area (TPSA) is 43.4 Å². The van der Waals surface area contributed by atoms with Crippen molar-refractivity contribution in [2.75, 3.05) is 0 Å². The molecule has 0 spiro atoms. The van der Waals surface area contributed by atoms with Gasteiger partial charge in [-0.1, -0.05) is 0 Å². The Labute approximate surface area is 103 Å². The Balaban J connectivity index is 2.27. The van der Waals surface area contributed by atoms with E-state index in [2.05, 4.69) is 0 Å². The van der Waals surface area contributed by atoms with Crippen molar-refractivity contribution in [1.82, 2.24) is 0 Å². The first-order valence-corrected chi connectivity index (χ1v) is 6.34. The minimum atomic E-state index is -4.03. The van der Waals surface area contributed by atoms with Crippen molar-refractivity contribution in [1.29, 1.82) is 0 Å². The van der Waals surface area contributed by atoms with E-state index in [-0.39, 0.29) is 10.6 Å². The molecule has 0 amide bonds. The van der Waals surface area contributed by atoms with Gasteiger partial charge in [0.15, 0.2) is 0 Å². The van der Waals surface area contributed by atoms with Gasteiger partial charge < -0.3 is 4.18 Å². The highest BCUT2D eigenvalue weighted by atomic mass is 32.2. The normalized spacial score (nSPS) is 11.2. The molecule has 0 fully saturated rings. The summed E-state index contributed by atoms with van der Waals surface area (Å²) in [5, 5.41) is 0. The Kier molecular flexibility index (Phi) is 3.29. The summed E-state index contributed by atoms with van der Waals surface area (Å²) in [7, 11) is -4.03. The molecule has 3 nitrogen and oxygen atoms in total. The van der Waals surface area contributed by atoms with E-state index < -0.39 is 21.8 Å². The first-order valence-electron chi connectivity index (χ1n) is 4.93. The van der Waals surface area contributed by atoms with E-state index in [0.29, 0.717) is 0 Å². The molecule has 0 atom stereocenters. The van der Waals surface area contributed by atoms with Gasteiger partial charge >= 0.3 is 10.1 Å². The van der Waals surface area contributed by atoms with Gasteiger partial charge in [-0.05, 0) is 48.5 Å². The SMILES string of the molecule is O=S(=O)(Oc1ccc(F)cc1)c1ccc(F)cc1. The molecular formula is C12H8F2O3S. The van der Waals surface area contributed by atoms with Crippen LogP contribution in [0.3, 0.4) is 0 Å². The zero-order valence-corrected chi connectivity index (χ0v) is 9.82. The Morgan fingerprint density at radius 2 is 1.22 bits per heavy atom. The molecule has 0 saturated carbocycles. The molecule has 0 aromatic heterocycles. The summed E-state index contributed by atoms with van der Waals surface area (Å²) in [4.78, 5) is -0.173. The van der Waals surface area contributed by atoms with Crippen molar-refractivity contribution in [2.24, 2.45) is 0 Å². The Bertz CT molecular complexity index is 634. The average molecular weight is 270 g/mol. The molecule has 0 bridgehead atoms. The van der Waals surface area contributed by atoms with E-state index in [0.717, 1.165) is 36.4 Å². The minimum Gasteiger partial charge on any atom is -0.379 e. The fourth-order valence-corrected chi connectivity index (χ4v) is 2.20. The summed E-state index contributed by atoms with van der Waals surface area (Å²) in [5.41, 5.74) is 0. The van der Waals surface area contributed by atoms with Crippen LogP contribution in [0.15, 0.2) is 53.4 Å². The van der Waals surface area contributed by atoms with Crippen LogP contribution in [-0.4, -0.2) is 8.42 Å². The standard InChI is InChI=1S/C12H8F2O3S/c13-9-1-5-11(6-2-9)17-18(15,16)12-7-3-10(14)4-8-12/h1-8H. The average Bonchev–Trinajstić information content (AvgIpc) is 2.32. The summed E-state index contributed by atoms with van der Waals surface area (Å²) in [6.45, 7) is 0. The van der Waals surface area contributed by atoms with Crippen LogP contribution in [0.4, 0.5) is 8.78 Å². The molecule has 2 aromatic carbocycles. The molecule has 0 saturated heterocycles. The monoisotopic (exact) mass is 270 g/mol. The predicted molar refractivity (Wildman–Crippen MR) is 60.6 cm³/mol. The number of halogens is 2. The van der Waals surface area contributed by atoms with Crippen molar-refractivity contribution >= 4 is 10.1 Å². The molecule has 0 radical (unpaired) electrons. The predicted octanol–water partition coefficient (Wildman–Crippen LogP) is 2.73. The molecule has 2 rings (SSSR count). The van der Waals surface area contributed by atoms with Crippen LogP contribution < -0.4 is 4.18 Å². The third-order valence-electron chi connectivity index (χ3n) is 2.12. The number of hydrogen-bond acceptors (Lipinski definition) is 3. The lowest BCUT2D eigenvalue weighted by molar-refractivity contribution is 0.484. The van der Waals surface area contributed by atoms with E-state index in [1.807, 2.05) is 0 Å². The quantitative estimate of drug-likeness (QED) is 0.805. The molecule has 0 unspecified atom stereocenters. The number of benzene rings is 2. The Morgan fingerprint density at radius 1 is 0.778 bits per heavy atom. The van der Waals surface area contributed by atoms with E-state index >= 15 is 0 Å². The van der Waals surface area contributed by atoms with Gasteiger partial charge in [-0.2, -0.15) is 8.42 Å². The minimum absolute atomic E-state index is 0.0132. The fraction of sp³-hybridized carbons (Fsp3) is 0. The van der Waals surface area contributed by atoms with Gasteiger partial charge in [-0.15, -0.1) is 0 Å². The largest absolute Gasteiger partial charge is 0.379 e. The van der Waals surface area contributed by atoms with Crippen molar-refractivity contribution < 1.29 is 21.4 Å². The summed E-state index contributed by atoms with van der Waals surface area (Å²) in [6, 6.07) is 8.75. The lowest BCUT2D eigenvalue weighted by atomic mass is 10.3. The van der Waals surface area contributed by atoms with Gasteiger partial charge in [0.25, 0.3) is 0 Å². The summed E-state index contributed by atoms with van der Waals surface area (Å²) >= 11 is 0. The molecular weight excluding hydrogens is 262 g/mol. The third-order valence-corrected chi connectivity index (χ3v) is 3.38. The molecule has 6 heteroatoms. The van der Waals surface area contributed by atoms with E-state index in [1.165, 1.54) is 12.1 Å². The highest BCUT2D eigenvalue weighted by molar-refractivity contribution is 7.87. The van der Waals surface area contributed by atoms with Crippen molar-refractivity contribution in [3.05, 3.63) is 60.2 Å². The molecule has 94 valence electrons. The second kappa shape index (κ2) is 4.73. The van der Waals surface area contributed by atoms with Gasteiger partial charge in [0, 0.05) is 0 Å². The first-order chi connectivity index (χ1) is 8.47. The van der Waals surface area contributed by atoms with Gasteiger partial charge in [0.1, 0.15) is 22.3 Å². The van der Waals surface area contributed by atoms with Gasteiger partial charge in [-0.25, -0.2) is 8.78 Å². The molecule has 18 heavy (non-hydrogen) atoms. The second-order valence-corrected chi connectivity index (χ2v) is 4.99. The Hall–Kier alpha value is -1.95. The molecule has 0 heterocycles. The molecule has 0 aliphatic rings. The summed E-state index contributed by atoms with van der Waals surface area (Å²) in [5.74, 6) is -1.06. The first kappa shape index (κ1) is 12.5. The van der Waals surface area contributed by atoms with Crippen molar-refractivity contribution in [3.8, 4) is 5.75 Å². The smallest absolute Gasteiger partial charge is 0.339 e. The lowest BCUT2D eigenvalue weighted by Crippen LogP contribution is -2.09. The van der Waals surface area contributed by atoms with Crippen LogP contribution in [0.5, 0.6) is 5.75 Å². The number of rotatable bonds is 3. The van der Waals surface area contributed by atoms with Crippen molar-refractivity contribution in [3.63, 3.8) is 0 Å². The zero-order valence-electron chi connectivity index (χ0n) is 9.01. The van der Waals surface area contributed by atoms with Gasteiger partial charge in [-0.3, -0.25) is 0 Å². The van der Waals surface area contributed by atoms with Gasteiger partial charge in [0.2, 0.25) is 0 Å². The summed E-state index contributed by atoms with van der Waals surface area (Å²) < 4.78 is 53.6. The fourth-order valence-electron chi connectivity index (χ4n) is 1.27. The third kappa shape index (κ3) is 2.84. The lowest BCUT2D eigenvalue weighted by Gasteiger charge is -2.06. The second-order valence-electron chi connectivity index (χ2n) is 3.45. The van der Waals surface area contributed by atoms with Gasteiger partial charge in [0.05, 0.1) is 0 Å². The van der Waals surface area contributed by atoms with E-state index in [9.17, 15) is 17.2 Å². The maximum Gasteiger partial charge on any atom is 0.339 e. The maximum absolute atomic E-state index is 12.7. The van der Waals surface area contributed by atoms with Crippen molar-refractivity contribution in [2.45, 2.75) is 4.90 Å². The van der Waals surface area contributed by atoms with Crippen LogP contribution >= 0.6 is 0 Å². The number of hydrogen-bond donors (Lipinski definition) is 0. The summed E-state index contributed by atoms with van der Waals surface area (Å²) in [6.07, 6.45) is 0. The highest BCUT2D eigenvalue weighted by Crippen LogP contribution is 2.19. The maximum atomic E-state index is 12.7.